The first kappa shape index (κ1) is 22.8. The van der Waals surface area contributed by atoms with E-state index in [0.717, 1.165) is 63.9 Å². The molecule has 2 heterocycles. The van der Waals surface area contributed by atoms with E-state index in [-0.39, 0.29) is 5.54 Å². The fraction of sp³-hybridized carbons (Fsp3) is 0.696. The molecule has 0 aliphatic carbocycles. The first-order valence-corrected chi connectivity index (χ1v) is 11.2. The summed E-state index contributed by atoms with van der Waals surface area (Å²) in [5, 5.41) is 7.17. The lowest BCUT2D eigenvalue weighted by Crippen LogP contribution is -2.57. The van der Waals surface area contributed by atoms with Crippen LogP contribution < -0.4 is 15.4 Å². The van der Waals surface area contributed by atoms with Crippen molar-refractivity contribution in [3.8, 4) is 5.75 Å². The molecule has 2 N–H and O–H groups in total. The Morgan fingerprint density at radius 2 is 1.83 bits per heavy atom. The molecule has 0 spiro atoms. The number of rotatable bonds is 8. The minimum atomic E-state index is 0.111. The molecule has 2 aliphatic heterocycles. The van der Waals surface area contributed by atoms with Gasteiger partial charge in [0.05, 0.1) is 13.2 Å². The van der Waals surface area contributed by atoms with Crippen LogP contribution in [0.3, 0.4) is 0 Å². The van der Waals surface area contributed by atoms with E-state index < -0.39 is 0 Å². The van der Waals surface area contributed by atoms with E-state index in [1.54, 1.807) is 7.11 Å². The molecule has 1 aromatic carbocycles. The van der Waals surface area contributed by atoms with Crippen molar-refractivity contribution in [3.05, 3.63) is 29.8 Å². The van der Waals surface area contributed by atoms with Gasteiger partial charge in [-0.1, -0.05) is 12.1 Å². The van der Waals surface area contributed by atoms with E-state index >= 15 is 0 Å². The Balaban J connectivity index is 1.62. The van der Waals surface area contributed by atoms with Crippen LogP contribution in [0.4, 0.5) is 0 Å². The zero-order valence-corrected chi connectivity index (χ0v) is 19.1. The van der Waals surface area contributed by atoms with Gasteiger partial charge < -0.3 is 25.0 Å². The molecule has 2 fully saturated rings. The molecule has 7 nitrogen and oxygen atoms in total. The van der Waals surface area contributed by atoms with E-state index in [1.165, 1.54) is 18.4 Å². The van der Waals surface area contributed by atoms with Crippen LogP contribution in [0.15, 0.2) is 29.3 Å². The second-order valence-corrected chi connectivity index (χ2v) is 8.57. The Morgan fingerprint density at radius 3 is 2.40 bits per heavy atom. The summed E-state index contributed by atoms with van der Waals surface area (Å²) in [5.41, 5.74) is 1.43. The number of benzene rings is 1. The Labute approximate surface area is 181 Å². The average Bonchev–Trinajstić information content (AvgIpc) is 3.31. The summed E-state index contributed by atoms with van der Waals surface area (Å²) in [7, 11) is 7.88. The highest BCUT2D eigenvalue weighted by molar-refractivity contribution is 5.79. The topological polar surface area (TPSA) is 61.4 Å². The van der Waals surface area contributed by atoms with Crippen molar-refractivity contribution in [1.82, 2.24) is 20.4 Å². The van der Waals surface area contributed by atoms with Crippen LogP contribution in [0.1, 0.15) is 37.3 Å². The van der Waals surface area contributed by atoms with Gasteiger partial charge in [0.1, 0.15) is 5.75 Å². The average molecular weight is 418 g/mol. The molecule has 0 radical (unpaired) electrons. The van der Waals surface area contributed by atoms with Crippen LogP contribution in [0, 0.1) is 0 Å². The minimum absolute atomic E-state index is 0.111. The van der Waals surface area contributed by atoms with Gasteiger partial charge in [-0.05, 0) is 70.6 Å². The summed E-state index contributed by atoms with van der Waals surface area (Å²) < 4.78 is 10.9. The van der Waals surface area contributed by atoms with Gasteiger partial charge >= 0.3 is 0 Å². The SMILES string of the molecule is CN=C(NCC(c1ccc(OC)cc1)N1CCCC1)NCC1(N(C)C)CCOCC1. The number of ether oxygens (including phenoxy) is 2. The number of nitrogens with zero attached hydrogens (tertiary/aromatic N) is 3. The molecule has 2 aliphatic rings. The Morgan fingerprint density at radius 1 is 1.17 bits per heavy atom. The lowest BCUT2D eigenvalue weighted by molar-refractivity contribution is -0.00502. The third-order valence-corrected chi connectivity index (χ3v) is 6.73. The van der Waals surface area contributed by atoms with E-state index in [9.17, 15) is 0 Å². The first-order chi connectivity index (χ1) is 14.6. The second-order valence-electron chi connectivity index (χ2n) is 8.57. The van der Waals surface area contributed by atoms with E-state index in [2.05, 4.69) is 63.8 Å². The van der Waals surface area contributed by atoms with Gasteiger partial charge in [-0.3, -0.25) is 9.89 Å². The lowest BCUT2D eigenvalue weighted by Gasteiger charge is -2.43. The predicted octanol–water partition coefficient (Wildman–Crippen LogP) is 2.11. The van der Waals surface area contributed by atoms with Crippen molar-refractivity contribution in [2.24, 2.45) is 4.99 Å². The standard InChI is InChI=1S/C23H39N5O2/c1-24-22(26-18-23(27(2)3)11-15-30-16-12-23)25-17-21(28-13-5-6-14-28)19-7-9-20(29-4)10-8-19/h7-10,21H,5-6,11-18H2,1-4H3,(H2,24,25,26). The van der Waals surface area contributed by atoms with Crippen LogP contribution in [0.25, 0.3) is 0 Å². The maximum absolute atomic E-state index is 5.59. The molecule has 0 saturated carbocycles. The van der Waals surface area contributed by atoms with Gasteiger partial charge in [0.15, 0.2) is 5.96 Å². The first-order valence-electron chi connectivity index (χ1n) is 11.2. The van der Waals surface area contributed by atoms with Crippen LogP contribution in [-0.4, -0.2) is 88.9 Å². The molecule has 0 bridgehead atoms. The maximum Gasteiger partial charge on any atom is 0.191 e. The number of methoxy groups -OCH3 is 1. The summed E-state index contributed by atoms with van der Waals surface area (Å²) in [6, 6.07) is 8.79. The predicted molar refractivity (Wildman–Crippen MR) is 122 cm³/mol. The number of nitrogens with one attached hydrogen (secondary N) is 2. The molecular formula is C23H39N5O2. The highest BCUT2D eigenvalue weighted by Crippen LogP contribution is 2.27. The molecular weight excluding hydrogens is 378 g/mol. The third kappa shape index (κ3) is 5.65. The fourth-order valence-electron chi connectivity index (χ4n) is 4.53. The van der Waals surface area contributed by atoms with Crippen molar-refractivity contribution in [3.63, 3.8) is 0 Å². The van der Waals surface area contributed by atoms with Crippen LogP contribution in [0.2, 0.25) is 0 Å². The molecule has 0 aromatic heterocycles. The molecule has 1 aromatic rings. The largest absolute Gasteiger partial charge is 0.497 e. The molecule has 7 heteroatoms. The minimum Gasteiger partial charge on any atom is -0.497 e. The zero-order valence-electron chi connectivity index (χ0n) is 19.1. The Kier molecular flexibility index (Phi) is 8.36. The highest BCUT2D eigenvalue weighted by atomic mass is 16.5. The zero-order chi connectivity index (χ0) is 21.4. The van der Waals surface area contributed by atoms with E-state index in [0.29, 0.717) is 6.04 Å². The van der Waals surface area contributed by atoms with E-state index in [4.69, 9.17) is 9.47 Å². The van der Waals surface area contributed by atoms with Crippen LogP contribution in [-0.2, 0) is 4.74 Å². The number of hydrogen-bond donors (Lipinski definition) is 2. The lowest BCUT2D eigenvalue weighted by atomic mass is 9.88. The van der Waals surface area contributed by atoms with Gasteiger partial charge in [-0.15, -0.1) is 0 Å². The van der Waals surface area contributed by atoms with Crippen molar-refractivity contribution < 1.29 is 9.47 Å². The number of likely N-dealkylation sites (N-methyl/N-ethyl adjacent to an activating group) is 1. The summed E-state index contributed by atoms with van der Waals surface area (Å²) in [6.07, 6.45) is 4.61. The molecule has 0 amide bonds. The molecule has 1 atom stereocenters. The molecule has 2 saturated heterocycles. The quantitative estimate of drug-likeness (QED) is 0.499. The Hall–Kier alpha value is -1.83. The van der Waals surface area contributed by atoms with Crippen LogP contribution in [0.5, 0.6) is 5.75 Å². The molecule has 168 valence electrons. The molecule has 3 rings (SSSR count). The second kappa shape index (κ2) is 11.0. The number of aliphatic imine (C=N–C) groups is 1. The van der Waals surface area contributed by atoms with Gasteiger partial charge in [0.2, 0.25) is 0 Å². The number of guanidine groups is 1. The maximum atomic E-state index is 5.59. The van der Waals surface area contributed by atoms with Crippen LogP contribution >= 0.6 is 0 Å². The summed E-state index contributed by atoms with van der Waals surface area (Å²) in [6.45, 7) is 5.62. The van der Waals surface area contributed by atoms with Crippen molar-refractivity contribution in [1.29, 1.82) is 0 Å². The number of likely N-dealkylation sites (tertiary alicyclic amines) is 1. The smallest absolute Gasteiger partial charge is 0.191 e. The van der Waals surface area contributed by atoms with Gasteiger partial charge in [0, 0.05) is 38.9 Å². The summed E-state index contributed by atoms with van der Waals surface area (Å²) in [5.74, 6) is 1.76. The van der Waals surface area contributed by atoms with Crippen molar-refractivity contribution >= 4 is 5.96 Å². The third-order valence-electron chi connectivity index (χ3n) is 6.73. The highest BCUT2D eigenvalue weighted by Gasteiger charge is 2.35. The van der Waals surface area contributed by atoms with Gasteiger partial charge in [-0.2, -0.15) is 0 Å². The normalized spacial score (nSPS) is 20.9. The van der Waals surface area contributed by atoms with Crippen molar-refractivity contribution in [2.75, 3.05) is 67.6 Å². The van der Waals surface area contributed by atoms with E-state index in [1.807, 2.05) is 7.05 Å². The summed E-state index contributed by atoms with van der Waals surface area (Å²) >= 11 is 0. The molecule has 1 unspecified atom stereocenters. The molecule has 30 heavy (non-hydrogen) atoms. The van der Waals surface area contributed by atoms with Gasteiger partial charge in [-0.25, -0.2) is 0 Å². The fourth-order valence-corrected chi connectivity index (χ4v) is 4.53. The van der Waals surface area contributed by atoms with Gasteiger partial charge in [0.25, 0.3) is 0 Å². The number of hydrogen-bond acceptors (Lipinski definition) is 5. The Bertz CT molecular complexity index is 665. The van der Waals surface area contributed by atoms with Crippen molar-refractivity contribution in [2.45, 2.75) is 37.3 Å². The summed E-state index contributed by atoms with van der Waals surface area (Å²) in [4.78, 5) is 9.39. The monoisotopic (exact) mass is 417 g/mol.